The van der Waals surface area contributed by atoms with Gasteiger partial charge in [-0.3, -0.25) is 4.79 Å². The topological polar surface area (TPSA) is 17.1 Å². The molecular formula is C15H24O. The first kappa shape index (κ1) is 11.9. The third kappa shape index (κ3) is 1.74. The Bertz CT molecular complexity index is 315. The summed E-state index contributed by atoms with van der Waals surface area (Å²) >= 11 is 0. The number of allylic oxidation sites excluding steroid dienone is 1. The van der Waals surface area contributed by atoms with Crippen LogP contribution in [0.15, 0.2) is 12.2 Å². The van der Waals surface area contributed by atoms with Crippen LogP contribution in [0.25, 0.3) is 0 Å². The molecule has 0 saturated heterocycles. The van der Waals surface area contributed by atoms with Gasteiger partial charge in [-0.25, -0.2) is 0 Å². The number of Topliss-reactive ketones (excluding diaryl/α,β-unsaturated/α-hetero) is 1. The highest BCUT2D eigenvalue weighted by atomic mass is 16.1. The Morgan fingerprint density at radius 3 is 2.69 bits per heavy atom. The van der Waals surface area contributed by atoms with Crippen molar-refractivity contribution in [2.24, 2.45) is 23.2 Å². The molecule has 90 valence electrons. The van der Waals surface area contributed by atoms with Gasteiger partial charge in [0.15, 0.2) is 0 Å². The van der Waals surface area contributed by atoms with Crippen LogP contribution in [0.3, 0.4) is 0 Å². The normalized spacial score (nSPS) is 40.0. The average molecular weight is 220 g/mol. The van der Waals surface area contributed by atoms with Crippen LogP contribution in [0.1, 0.15) is 52.9 Å². The summed E-state index contributed by atoms with van der Waals surface area (Å²) in [5.74, 6) is 1.44. The summed E-state index contributed by atoms with van der Waals surface area (Å²) in [6.07, 6.45) is 5.82. The van der Waals surface area contributed by atoms with E-state index in [2.05, 4.69) is 27.4 Å². The Labute approximate surface area is 99.3 Å². The number of ketones is 1. The minimum Gasteiger partial charge on any atom is -0.299 e. The molecule has 0 spiro atoms. The van der Waals surface area contributed by atoms with Gasteiger partial charge in [0.1, 0.15) is 5.78 Å². The lowest BCUT2D eigenvalue weighted by Crippen LogP contribution is -2.46. The maximum atomic E-state index is 12.6. The van der Waals surface area contributed by atoms with Crippen molar-refractivity contribution >= 4 is 5.78 Å². The van der Waals surface area contributed by atoms with Gasteiger partial charge in [-0.15, -0.1) is 0 Å². The predicted octanol–water partition coefficient (Wildman–Crippen LogP) is 3.98. The number of hydrogen-bond donors (Lipinski definition) is 0. The number of fused-ring (bicyclic) bond motifs is 1. The van der Waals surface area contributed by atoms with Crippen molar-refractivity contribution in [3.63, 3.8) is 0 Å². The van der Waals surface area contributed by atoms with Crippen LogP contribution in [0.5, 0.6) is 0 Å². The Morgan fingerprint density at radius 2 is 2.06 bits per heavy atom. The van der Waals surface area contributed by atoms with Crippen LogP contribution >= 0.6 is 0 Å². The SMILES string of the molecule is C=C1CCCC2(C)CCC(C(C)C)C(=O)C12. The molecule has 2 aliphatic rings. The first-order valence-corrected chi connectivity index (χ1v) is 6.67. The van der Waals surface area contributed by atoms with E-state index in [0.717, 1.165) is 12.8 Å². The van der Waals surface area contributed by atoms with Crippen molar-refractivity contribution in [2.45, 2.75) is 52.9 Å². The molecule has 0 aromatic heterocycles. The highest BCUT2D eigenvalue weighted by Crippen LogP contribution is 2.52. The van der Waals surface area contributed by atoms with Crippen molar-refractivity contribution in [3.8, 4) is 0 Å². The highest BCUT2D eigenvalue weighted by Gasteiger charge is 2.48. The molecule has 2 fully saturated rings. The van der Waals surface area contributed by atoms with Gasteiger partial charge < -0.3 is 0 Å². The van der Waals surface area contributed by atoms with Crippen LogP contribution in [-0.4, -0.2) is 5.78 Å². The molecule has 0 aliphatic heterocycles. The minimum atomic E-state index is 0.169. The molecule has 1 nitrogen and oxygen atoms in total. The molecule has 1 heteroatoms. The largest absolute Gasteiger partial charge is 0.299 e. The lowest BCUT2D eigenvalue weighted by atomic mass is 9.55. The van der Waals surface area contributed by atoms with Crippen LogP contribution in [0, 0.1) is 23.2 Å². The second-order valence-electron chi connectivity index (χ2n) is 6.39. The fourth-order valence-electron chi connectivity index (χ4n) is 3.82. The zero-order valence-electron chi connectivity index (χ0n) is 10.9. The monoisotopic (exact) mass is 220 g/mol. The van der Waals surface area contributed by atoms with Crippen molar-refractivity contribution in [2.75, 3.05) is 0 Å². The third-order valence-corrected chi connectivity index (χ3v) is 4.83. The molecule has 0 aromatic rings. The van der Waals surface area contributed by atoms with E-state index in [1.54, 1.807) is 0 Å². The Kier molecular flexibility index (Phi) is 2.98. The molecule has 3 unspecified atom stereocenters. The summed E-state index contributed by atoms with van der Waals surface area (Å²) in [6, 6.07) is 0. The number of hydrogen-bond acceptors (Lipinski definition) is 1. The van der Waals surface area contributed by atoms with Gasteiger partial charge in [0.25, 0.3) is 0 Å². The quantitative estimate of drug-likeness (QED) is 0.611. The summed E-state index contributed by atoms with van der Waals surface area (Å²) < 4.78 is 0. The summed E-state index contributed by atoms with van der Waals surface area (Å²) in [6.45, 7) is 10.8. The first-order chi connectivity index (χ1) is 7.46. The smallest absolute Gasteiger partial charge is 0.143 e. The van der Waals surface area contributed by atoms with E-state index in [4.69, 9.17) is 0 Å². The molecule has 3 atom stereocenters. The Morgan fingerprint density at radius 1 is 1.38 bits per heavy atom. The second kappa shape index (κ2) is 4.01. The molecule has 0 aromatic carbocycles. The van der Waals surface area contributed by atoms with Crippen molar-refractivity contribution in [1.82, 2.24) is 0 Å². The van der Waals surface area contributed by atoms with Crippen LogP contribution in [0.4, 0.5) is 0 Å². The van der Waals surface area contributed by atoms with Crippen LogP contribution < -0.4 is 0 Å². The zero-order valence-corrected chi connectivity index (χ0v) is 10.9. The summed E-state index contributed by atoms with van der Waals surface area (Å²) in [4.78, 5) is 12.6. The molecule has 0 amide bonds. The molecule has 0 heterocycles. The van der Waals surface area contributed by atoms with E-state index in [0.29, 0.717) is 11.7 Å². The van der Waals surface area contributed by atoms with Gasteiger partial charge in [0.05, 0.1) is 0 Å². The lowest BCUT2D eigenvalue weighted by Gasteiger charge is -2.48. The van der Waals surface area contributed by atoms with Crippen LogP contribution in [0.2, 0.25) is 0 Å². The maximum Gasteiger partial charge on any atom is 0.143 e. The molecule has 2 rings (SSSR count). The van der Waals surface area contributed by atoms with E-state index in [1.165, 1.54) is 24.8 Å². The van der Waals surface area contributed by atoms with Gasteiger partial charge >= 0.3 is 0 Å². The van der Waals surface area contributed by atoms with Gasteiger partial charge in [0.2, 0.25) is 0 Å². The van der Waals surface area contributed by atoms with E-state index in [1.807, 2.05) is 0 Å². The standard InChI is InChI=1S/C15H24O/c1-10(2)12-7-9-15(4)8-5-6-11(3)13(15)14(12)16/h10,12-13H,3,5-9H2,1-2,4H3. The summed E-state index contributed by atoms with van der Waals surface area (Å²) in [5, 5.41) is 0. The van der Waals surface area contributed by atoms with E-state index in [9.17, 15) is 4.79 Å². The molecular weight excluding hydrogens is 196 g/mol. The van der Waals surface area contributed by atoms with E-state index < -0.39 is 0 Å². The maximum absolute atomic E-state index is 12.6. The molecule has 0 bridgehead atoms. The minimum absolute atomic E-state index is 0.169. The van der Waals surface area contributed by atoms with E-state index in [-0.39, 0.29) is 17.3 Å². The first-order valence-electron chi connectivity index (χ1n) is 6.67. The van der Waals surface area contributed by atoms with Gasteiger partial charge in [-0.2, -0.15) is 0 Å². The second-order valence-corrected chi connectivity index (χ2v) is 6.39. The van der Waals surface area contributed by atoms with E-state index >= 15 is 0 Å². The zero-order chi connectivity index (χ0) is 11.9. The fourth-order valence-corrected chi connectivity index (χ4v) is 3.82. The Balaban J connectivity index is 2.27. The van der Waals surface area contributed by atoms with Crippen molar-refractivity contribution < 1.29 is 4.79 Å². The molecule has 2 saturated carbocycles. The third-order valence-electron chi connectivity index (χ3n) is 4.83. The summed E-state index contributed by atoms with van der Waals surface area (Å²) in [5.41, 5.74) is 1.45. The molecule has 16 heavy (non-hydrogen) atoms. The van der Waals surface area contributed by atoms with Gasteiger partial charge in [-0.1, -0.05) is 32.9 Å². The van der Waals surface area contributed by atoms with Gasteiger partial charge in [0, 0.05) is 11.8 Å². The van der Waals surface area contributed by atoms with Crippen molar-refractivity contribution in [3.05, 3.63) is 12.2 Å². The number of carbonyl (C=O) groups excluding carboxylic acids is 1. The lowest BCUT2D eigenvalue weighted by molar-refractivity contribution is -0.136. The number of rotatable bonds is 1. The fraction of sp³-hybridized carbons (Fsp3) is 0.800. The average Bonchev–Trinajstić information content (AvgIpc) is 2.16. The van der Waals surface area contributed by atoms with Gasteiger partial charge in [-0.05, 0) is 43.4 Å². The Hall–Kier alpha value is -0.590. The molecule has 0 N–H and O–H groups in total. The highest BCUT2D eigenvalue weighted by molar-refractivity contribution is 5.87. The summed E-state index contributed by atoms with van der Waals surface area (Å²) in [7, 11) is 0. The number of carbonyl (C=O) groups is 1. The molecule has 2 aliphatic carbocycles. The predicted molar refractivity (Wildman–Crippen MR) is 67.2 cm³/mol. The van der Waals surface area contributed by atoms with Crippen LogP contribution in [-0.2, 0) is 4.79 Å². The molecule has 0 radical (unpaired) electrons. The van der Waals surface area contributed by atoms with Crippen molar-refractivity contribution in [1.29, 1.82) is 0 Å².